The number of hydrogen-bond acceptors (Lipinski definition) is 4. The standard InChI is InChI=1S/C20H21NO3/c22-14-16-10-12-21(13-11-16)19-8-6-18(7-9-19)20(23)24-15-17-4-2-1-3-5-17/h1-9,14,16H,10-13,15H2. The van der Waals surface area contributed by atoms with Crippen molar-refractivity contribution in [1.82, 2.24) is 0 Å². The van der Waals surface area contributed by atoms with Crippen LogP contribution < -0.4 is 4.90 Å². The largest absolute Gasteiger partial charge is 0.457 e. The average molecular weight is 323 g/mol. The van der Waals surface area contributed by atoms with Gasteiger partial charge in [0.2, 0.25) is 0 Å². The number of carbonyl (C=O) groups is 2. The Labute approximate surface area is 142 Å². The summed E-state index contributed by atoms with van der Waals surface area (Å²) in [6.45, 7) is 2.03. The van der Waals surface area contributed by atoms with Crippen LogP contribution >= 0.6 is 0 Å². The molecule has 1 heterocycles. The van der Waals surface area contributed by atoms with Gasteiger partial charge in [-0.3, -0.25) is 0 Å². The van der Waals surface area contributed by atoms with Gasteiger partial charge < -0.3 is 14.4 Å². The molecule has 0 N–H and O–H groups in total. The average Bonchev–Trinajstić information content (AvgIpc) is 2.67. The lowest BCUT2D eigenvalue weighted by Crippen LogP contribution is -2.34. The van der Waals surface area contributed by atoms with E-state index in [0.717, 1.165) is 43.5 Å². The fourth-order valence-electron chi connectivity index (χ4n) is 2.91. The number of ether oxygens (including phenoxy) is 1. The highest BCUT2D eigenvalue weighted by atomic mass is 16.5. The first-order valence-corrected chi connectivity index (χ1v) is 8.27. The number of rotatable bonds is 5. The van der Waals surface area contributed by atoms with Gasteiger partial charge in [-0.1, -0.05) is 30.3 Å². The van der Waals surface area contributed by atoms with Gasteiger partial charge in [0.15, 0.2) is 0 Å². The van der Waals surface area contributed by atoms with Crippen molar-refractivity contribution in [2.75, 3.05) is 18.0 Å². The van der Waals surface area contributed by atoms with Crippen LogP contribution in [0.2, 0.25) is 0 Å². The molecule has 2 aromatic rings. The third-order valence-electron chi connectivity index (χ3n) is 4.41. The van der Waals surface area contributed by atoms with Crippen molar-refractivity contribution in [2.45, 2.75) is 19.4 Å². The predicted molar refractivity (Wildman–Crippen MR) is 93.0 cm³/mol. The first-order chi connectivity index (χ1) is 11.8. The molecule has 0 atom stereocenters. The maximum atomic E-state index is 12.1. The van der Waals surface area contributed by atoms with Crippen LogP contribution in [0.25, 0.3) is 0 Å². The topological polar surface area (TPSA) is 46.6 Å². The van der Waals surface area contributed by atoms with Gasteiger partial charge in [0.05, 0.1) is 5.56 Å². The van der Waals surface area contributed by atoms with Gasteiger partial charge in [0.1, 0.15) is 12.9 Å². The first-order valence-electron chi connectivity index (χ1n) is 8.27. The maximum Gasteiger partial charge on any atom is 0.338 e. The zero-order valence-corrected chi connectivity index (χ0v) is 13.6. The molecule has 0 spiro atoms. The molecule has 1 saturated heterocycles. The van der Waals surface area contributed by atoms with E-state index in [1.165, 1.54) is 0 Å². The molecule has 0 aromatic heterocycles. The zero-order chi connectivity index (χ0) is 16.8. The summed E-state index contributed by atoms with van der Waals surface area (Å²) in [5, 5.41) is 0. The van der Waals surface area contributed by atoms with E-state index in [0.29, 0.717) is 5.56 Å². The maximum absolute atomic E-state index is 12.1. The summed E-state index contributed by atoms with van der Waals surface area (Å²) >= 11 is 0. The van der Waals surface area contributed by atoms with Crippen molar-refractivity contribution in [1.29, 1.82) is 0 Å². The smallest absolute Gasteiger partial charge is 0.338 e. The van der Waals surface area contributed by atoms with Crippen LogP contribution in [-0.2, 0) is 16.1 Å². The van der Waals surface area contributed by atoms with Crippen LogP contribution in [0.15, 0.2) is 54.6 Å². The van der Waals surface area contributed by atoms with E-state index in [1.54, 1.807) is 12.1 Å². The summed E-state index contributed by atoms with van der Waals surface area (Å²) in [6, 6.07) is 17.1. The molecule has 1 fully saturated rings. The Kier molecular flexibility index (Phi) is 5.26. The fraction of sp³-hybridized carbons (Fsp3) is 0.300. The van der Waals surface area contributed by atoms with Crippen LogP contribution in [0, 0.1) is 5.92 Å². The number of esters is 1. The number of nitrogens with zero attached hydrogens (tertiary/aromatic N) is 1. The Bertz CT molecular complexity index is 674. The van der Waals surface area contributed by atoms with E-state index < -0.39 is 0 Å². The van der Waals surface area contributed by atoms with Crippen LogP contribution in [0.3, 0.4) is 0 Å². The highest BCUT2D eigenvalue weighted by molar-refractivity contribution is 5.89. The van der Waals surface area contributed by atoms with E-state index >= 15 is 0 Å². The van der Waals surface area contributed by atoms with Gasteiger partial charge in [-0.05, 0) is 42.7 Å². The molecule has 1 aliphatic rings. The van der Waals surface area contributed by atoms with Gasteiger partial charge >= 0.3 is 5.97 Å². The highest BCUT2D eigenvalue weighted by Crippen LogP contribution is 2.23. The quantitative estimate of drug-likeness (QED) is 0.624. The Balaban J connectivity index is 1.56. The second-order valence-corrected chi connectivity index (χ2v) is 6.07. The van der Waals surface area contributed by atoms with Crippen molar-refractivity contribution < 1.29 is 14.3 Å². The van der Waals surface area contributed by atoms with Gasteiger partial charge in [-0.15, -0.1) is 0 Å². The molecule has 124 valence electrons. The van der Waals surface area contributed by atoms with Crippen LogP contribution in [-0.4, -0.2) is 25.3 Å². The molecule has 4 nitrogen and oxygen atoms in total. The number of piperidine rings is 1. The molecule has 0 bridgehead atoms. The summed E-state index contributed by atoms with van der Waals surface area (Å²) in [5.74, 6) is -0.126. The predicted octanol–water partition coefficient (Wildman–Crippen LogP) is 3.46. The Morgan fingerprint density at radius 3 is 2.33 bits per heavy atom. The third kappa shape index (κ3) is 4.02. The highest BCUT2D eigenvalue weighted by Gasteiger charge is 2.19. The summed E-state index contributed by atoms with van der Waals surface area (Å²) < 4.78 is 5.34. The van der Waals surface area contributed by atoms with E-state index in [2.05, 4.69) is 4.90 Å². The Morgan fingerprint density at radius 2 is 1.71 bits per heavy atom. The monoisotopic (exact) mass is 323 g/mol. The molecule has 1 aliphatic heterocycles. The summed E-state index contributed by atoms with van der Waals surface area (Å²) in [4.78, 5) is 25.2. The van der Waals surface area contributed by atoms with E-state index in [1.807, 2.05) is 42.5 Å². The lowest BCUT2D eigenvalue weighted by atomic mass is 9.98. The van der Waals surface area contributed by atoms with Crippen molar-refractivity contribution in [3.63, 3.8) is 0 Å². The summed E-state index contributed by atoms with van der Waals surface area (Å²) in [7, 11) is 0. The number of carbonyl (C=O) groups excluding carboxylic acids is 2. The molecule has 3 rings (SSSR count). The van der Waals surface area contributed by atoms with Gasteiger partial charge in [-0.2, -0.15) is 0 Å². The number of benzene rings is 2. The van der Waals surface area contributed by atoms with Crippen LogP contribution in [0.5, 0.6) is 0 Å². The second kappa shape index (κ2) is 7.77. The van der Waals surface area contributed by atoms with E-state index in [4.69, 9.17) is 4.74 Å². The second-order valence-electron chi connectivity index (χ2n) is 6.07. The van der Waals surface area contributed by atoms with E-state index in [-0.39, 0.29) is 18.5 Å². The van der Waals surface area contributed by atoms with Crippen molar-refractivity contribution >= 4 is 17.9 Å². The normalized spacial score (nSPS) is 15.1. The lowest BCUT2D eigenvalue weighted by Gasteiger charge is -2.31. The van der Waals surface area contributed by atoms with Gasteiger partial charge in [0, 0.05) is 24.7 Å². The Hall–Kier alpha value is -2.62. The molecule has 0 unspecified atom stereocenters. The number of aldehydes is 1. The van der Waals surface area contributed by atoms with Crippen LogP contribution in [0.1, 0.15) is 28.8 Å². The molecule has 24 heavy (non-hydrogen) atoms. The summed E-state index contributed by atoms with van der Waals surface area (Å²) in [6.07, 6.45) is 2.85. The minimum Gasteiger partial charge on any atom is -0.457 e. The summed E-state index contributed by atoms with van der Waals surface area (Å²) in [5.41, 5.74) is 2.61. The molecule has 4 heteroatoms. The Morgan fingerprint density at radius 1 is 1.04 bits per heavy atom. The molecule has 0 aliphatic carbocycles. The van der Waals surface area contributed by atoms with Gasteiger partial charge in [0.25, 0.3) is 0 Å². The first kappa shape index (κ1) is 16.2. The van der Waals surface area contributed by atoms with Crippen molar-refractivity contribution in [3.8, 4) is 0 Å². The van der Waals surface area contributed by atoms with Crippen LogP contribution in [0.4, 0.5) is 5.69 Å². The van der Waals surface area contributed by atoms with Crippen molar-refractivity contribution in [3.05, 3.63) is 65.7 Å². The van der Waals surface area contributed by atoms with E-state index in [9.17, 15) is 9.59 Å². The zero-order valence-electron chi connectivity index (χ0n) is 13.6. The SMILES string of the molecule is O=CC1CCN(c2ccc(C(=O)OCc3ccccc3)cc2)CC1. The number of hydrogen-bond donors (Lipinski definition) is 0. The lowest BCUT2D eigenvalue weighted by molar-refractivity contribution is -0.111. The van der Waals surface area contributed by atoms with Gasteiger partial charge in [-0.25, -0.2) is 4.79 Å². The number of anilines is 1. The molecule has 0 radical (unpaired) electrons. The van der Waals surface area contributed by atoms with Crippen molar-refractivity contribution in [2.24, 2.45) is 5.92 Å². The minimum absolute atomic E-state index is 0.188. The molecular formula is C20H21NO3. The fourth-order valence-corrected chi connectivity index (χ4v) is 2.91. The molecule has 0 amide bonds. The third-order valence-corrected chi connectivity index (χ3v) is 4.41. The molecule has 0 saturated carbocycles. The minimum atomic E-state index is -0.315. The molecule has 2 aromatic carbocycles. The molecular weight excluding hydrogens is 302 g/mol.